The lowest BCUT2D eigenvalue weighted by atomic mass is 9.56. The van der Waals surface area contributed by atoms with E-state index >= 15 is 0 Å². The van der Waals surface area contributed by atoms with Gasteiger partial charge in [-0.2, -0.15) is 0 Å². The average molecular weight is 357 g/mol. The van der Waals surface area contributed by atoms with Gasteiger partial charge in [0.2, 0.25) is 0 Å². The van der Waals surface area contributed by atoms with Gasteiger partial charge in [0.15, 0.2) is 0 Å². The van der Waals surface area contributed by atoms with Gasteiger partial charge in [-0.15, -0.1) is 20.2 Å². The van der Waals surface area contributed by atoms with Crippen LogP contribution in [0.4, 0.5) is 0 Å². The maximum absolute atomic E-state index is 10.6. The molecule has 1 fully saturated rings. The molecular formula is C16H27N3O6. The van der Waals surface area contributed by atoms with E-state index in [1.54, 1.807) is 13.8 Å². The van der Waals surface area contributed by atoms with Crippen molar-refractivity contribution in [2.75, 3.05) is 0 Å². The molecule has 142 valence electrons. The summed E-state index contributed by atoms with van der Waals surface area (Å²) in [6.45, 7) is 5.37. The minimum atomic E-state index is -0.757. The Labute approximate surface area is 146 Å². The molecule has 0 saturated heterocycles. The molecule has 0 radical (unpaired) electrons. The Balaban J connectivity index is 2.13. The summed E-state index contributed by atoms with van der Waals surface area (Å²) in [4.78, 5) is 30.5. The van der Waals surface area contributed by atoms with Gasteiger partial charge in [-0.25, -0.2) is 0 Å². The summed E-state index contributed by atoms with van der Waals surface area (Å²) in [5, 5.41) is 19.6. The molecule has 2 rings (SSSR count). The van der Waals surface area contributed by atoms with Crippen molar-refractivity contribution < 1.29 is 19.8 Å². The van der Waals surface area contributed by atoms with Gasteiger partial charge >= 0.3 is 0 Å². The third kappa shape index (κ3) is 5.55. The van der Waals surface area contributed by atoms with Gasteiger partial charge in [-0.3, -0.25) is 0 Å². The molecule has 25 heavy (non-hydrogen) atoms. The van der Waals surface area contributed by atoms with Gasteiger partial charge in [-0.05, 0) is 70.6 Å². The van der Waals surface area contributed by atoms with E-state index < -0.39 is 27.9 Å². The van der Waals surface area contributed by atoms with Crippen molar-refractivity contribution in [3.8, 4) is 0 Å². The molecule has 0 amide bonds. The number of hydrogen-bond acceptors (Lipinski definition) is 7. The smallest absolute Gasteiger partial charge is 0.294 e. The Morgan fingerprint density at radius 3 is 2.48 bits per heavy atom. The molecule has 5 unspecified atom stereocenters. The molecule has 0 aromatic carbocycles. The van der Waals surface area contributed by atoms with E-state index in [4.69, 9.17) is 10.6 Å². The quantitative estimate of drug-likeness (QED) is 0.401. The van der Waals surface area contributed by atoms with Gasteiger partial charge in [0.1, 0.15) is 12.2 Å². The Morgan fingerprint density at radius 2 is 1.88 bits per heavy atom. The molecule has 9 heteroatoms. The minimum absolute atomic E-state index is 0.180. The summed E-state index contributed by atoms with van der Waals surface area (Å²) in [6, 6.07) is 0. The lowest BCUT2D eigenvalue weighted by molar-refractivity contribution is -0.768. The molecule has 2 bridgehead atoms. The highest BCUT2D eigenvalue weighted by atomic mass is 17.0. The van der Waals surface area contributed by atoms with E-state index in [2.05, 4.69) is 10.9 Å². The lowest BCUT2D eigenvalue weighted by Gasteiger charge is -2.50. The van der Waals surface area contributed by atoms with E-state index in [0.717, 1.165) is 25.7 Å². The molecule has 2 aliphatic carbocycles. The summed E-state index contributed by atoms with van der Waals surface area (Å²) in [7, 11) is 0. The SMILES string of the molecule is CC(CC1CC2=CC(C)(N)CC(CC(C)O[N+](=O)[O-])(C2)C1)O[N+](=O)[O-]. The molecule has 5 atom stereocenters. The van der Waals surface area contributed by atoms with Gasteiger partial charge in [0.05, 0.1) is 0 Å². The van der Waals surface area contributed by atoms with Crippen LogP contribution >= 0.6 is 0 Å². The molecule has 2 N–H and O–H groups in total. The Morgan fingerprint density at radius 1 is 1.28 bits per heavy atom. The second kappa shape index (κ2) is 7.15. The van der Waals surface area contributed by atoms with Crippen molar-refractivity contribution in [1.29, 1.82) is 0 Å². The summed E-state index contributed by atoms with van der Waals surface area (Å²) in [6.07, 6.45) is 5.44. The zero-order chi connectivity index (χ0) is 18.8. The second-order valence-electron chi connectivity index (χ2n) is 8.16. The molecule has 0 spiro atoms. The van der Waals surface area contributed by atoms with Gasteiger partial charge in [0.25, 0.3) is 10.2 Å². The highest BCUT2D eigenvalue weighted by molar-refractivity contribution is 5.24. The highest BCUT2D eigenvalue weighted by Crippen LogP contribution is 2.54. The van der Waals surface area contributed by atoms with Crippen molar-refractivity contribution in [2.24, 2.45) is 17.1 Å². The fraction of sp³-hybridized carbons (Fsp3) is 0.875. The maximum atomic E-state index is 10.6. The number of allylic oxidation sites excluding steroid dienone is 1. The highest BCUT2D eigenvalue weighted by Gasteiger charge is 2.46. The predicted molar refractivity (Wildman–Crippen MR) is 89.4 cm³/mol. The van der Waals surface area contributed by atoms with Crippen molar-refractivity contribution in [1.82, 2.24) is 0 Å². The third-order valence-electron chi connectivity index (χ3n) is 5.08. The van der Waals surface area contributed by atoms with E-state index in [0.29, 0.717) is 12.8 Å². The van der Waals surface area contributed by atoms with Gasteiger partial charge < -0.3 is 15.4 Å². The van der Waals surface area contributed by atoms with Crippen LogP contribution in [0, 0.1) is 31.6 Å². The topological polar surface area (TPSA) is 131 Å². The summed E-state index contributed by atoms with van der Waals surface area (Å²) in [5.41, 5.74) is 6.98. The summed E-state index contributed by atoms with van der Waals surface area (Å²) in [5.74, 6) is 0.230. The lowest BCUT2D eigenvalue weighted by Crippen LogP contribution is -2.48. The first-order valence-electron chi connectivity index (χ1n) is 8.60. The first-order valence-corrected chi connectivity index (χ1v) is 8.60. The largest absolute Gasteiger partial charge is 0.322 e. The van der Waals surface area contributed by atoms with Crippen LogP contribution in [0.15, 0.2) is 11.6 Å². The number of rotatable bonds is 8. The fourth-order valence-electron chi connectivity index (χ4n) is 5.10. The number of hydrogen-bond donors (Lipinski definition) is 1. The van der Waals surface area contributed by atoms with Crippen LogP contribution < -0.4 is 5.73 Å². The van der Waals surface area contributed by atoms with E-state index in [1.807, 2.05) is 6.92 Å². The number of nitrogens with two attached hydrogens (primary N) is 1. The first kappa shape index (κ1) is 19.4. The van der Waals surface area contributed by atoms with Crippen LogP contribution in [0.5, 0.6) is 0 Å². The van der Waals surface area contributed by atoms with Crippen LogP contribution in [0.1, 0.15) is 59.3 Å². The molecule has 0 heterocycles. The molecule has 0 aromatic heterocycles. The van der Waals surface area contributed by atoms with Gasteiger partial charge in [-0.1, -0.05) is 11.6 Å². The number of fused-ring (bicyclic) bond motifs is 2. The Hall–Kier alpha value is -1.90. The molecule has 0 aromatic rings. The van der Waals surface area contributed by atoms with E-state index in [1.165, 1.54) is 5.57 Å². The monoisotopic (exact) mass is 357 g/mol. The Bertz CT molecular complexity index is 564. The van der Waals surface area contributed by atoms with Crippen LogP contribution in [0.2, 0.25) is 0 Å². The predicted octanol–water partition coefficient (Wildman–Crippen LogP) is 2.79. The summed E-state index contributed by atoms with van der Waals surface area (Å²) < 4.78 is 0. The van der Waals surface area contributed by atoms with Crippen molar-refractivity contribution in [2.45, 2.75) is 77.0 Å². The first-order chi connectivity index (χ1) is 11.5. The van der Waals surface area contributed by atoms with E-state index in [9.17, 15) is 20.2 Å². The van der Waals surface area contributed by atoms with Crippen LogP contribution in [0.25, 0.3) is 0 Å². The second-order valence-corrected chi connectivity index (χ2v) is 8.16. The minimum Gasteiger partial charge on any atom is -0.322 e. The maximum Gasteiger partial charge on any atom is 0.294 e. The number of nitrogens with zero attached hydrogens (tertiary/aromatic N) is 2. The van der Waals surface area contributed by atoms with Crippen LogP contribution in [-0.4, -0.2) is 27.9 Å². The average Bonchev–Trinajstić information content (AvgIpc) is 2.31. The molecule has 9 nitrogen and oxygen atoms in total. The standard InChI is InChI=1S/C16H27N3O6/c1-11(24-18(20)21)4-13-5-14-7-15(3,17)10-16(8-13,9-14)6-12(2)25-19(22)23/h7,11-13H,4-6,8-10,17H2,1-3H3. The molecular weight excluding hydrogens is 330 g/mol. The third-order valence-corrected chi connectivity index (χ3v) is 5.08. The normalized spacial score (nSPS) is 33.8. The summed E-state index contributed by atoms with van der Waals surface area (Å²) >= 11 is 0. The van der Waals surface area contributed by atoms with Crippen molar-refractivity contribution >= 4 is 0 Å². The zero-order valence-electron chi connectivity index (χ0n) is 15.0. The molecule has 2 aliphatic rings. The van der Waals surface area contributed by atoms with E-state index in [-0.39, 0.29) is 11.3 Å². The van der Waals surface area contributed by atoms with Crippen molar-refractivity contribution in [3.63, 3.8) is 0 Å². The van der Waals surface area contributed by atoms with Crippen LogP contribution in [-0.2, 0) is 9.68 Å². The fourth-order valence-corrected chi connectivity index (χ4v) is 5.10. The van der Waals surface area contributed by atoms with Crippen molar-refractivity contribution in [3.05, 3.63) is 31.9 Å². The van der Waals surface area contributed by atoms with Gasteiger partial charge in [0, 0.05) is 5.54 Å². The Kier molecular flexibility index (Phi) is 5.55. The molecule has 1 saturated carbocycles. The molecule has 0 aliphatic heterocycles. The van der Waals surface area contributed by atoms with Crippen LogP contribution in [0.3, 0.4) is 0 Å². The zero-order valence-corrected chi connectivity index (χ0v) is 15.0.